The summed E-state index contributed by atoms with van der Waals surface area (Å²) in [5.41, 5.74) is 7.23. The average Bonchev–Trinajstić information content (AvgIpc) is 2.91. The molecular weight excluding hydrogens is 476 g/mol. The molecule has 2 N–H and O–H groups in total. The summed E-state index contributed by atoms with van der Waals surface area (Å²) in [5, 5.41) is 5.86. The van der Waals surface area contributed by atoms with E-state index in [-0.39, 0.29) is 23.4 Å². The van der Waals surface area contributed by atoms with E-state index in [1.54, 1.807) is 48.5 Å². The van der Waals surface area contributed by atoms with Gasteiger partial charge in [-0.05, 0) is 98.5 Å². The molecule has 0 saturated carbocycles. The maximum atomic E-state index is 12.7. The van der Waals surface area contributed by atoms with E-state index in [4.69, 9.17) is 0 Å². The number of amides is 2. The van der Waals surface area contributed by atoms with Crippen LogP contribution in [-0.2, 0) is 0 Å². The molecule has 38 heavy (non-hydrogen) atoms. The molecule has 0 atom stereocenters. The lowest BCUT2D eigenvalue weighted by Crippen LogP contribution is -2.13. The minimum absolute atomic E-state index is 0.0468. The van der Waals surface area contributed by atoms with E-state index < -0.39 is 0 Å². The number of aryl methyl sites for hydroxylation is 2. The monoisotopic (exact) mass is 504 g/mol. The second-order valence-corrected chi connectivity index (χ2v) is 9.23. The maximum absolute atomic E-state index is 12.7. The highest BCUT2D eigenvalue weighted by atomic mass is 16.2. The van der Waals surface area contributed by atoms with Crippen molar-refractivity contribution in [2.75, 3.05) is 10.6 Å². The van der Waals surface area contributed by atoms with Crippen molar-refractivity contribution in [3.8, 4) is 11.1 Å². The van der Waals surface area contributed by atoms with Crippen molar-refractivity contribution in [2.45, 2.75) is 27.7 Å². The van der Waals surface area contributed by atoms with E-state index in [1.165, 1.54) is 13.8 Å². The summed E-state index contributed by atoms with van der Waals surface area (Å²) in [6.45, 7) is 6.83. The first-order valence-electron chi connectivity index (χ1n) is 12.2. The van der Waals surface area contributed by atoms with Crippen LogP contribution >= 0.6 is 0 Å². The van der Waals surface area contributed by atoms with Gasteiger partial charge in [0.05, 0.1) is 0 Å². The molecule has 4 aromatic carbocycles. The first-order chi connectivity index (χ1) is 18.1. The van der Waals surface area contributed by atoms with Gasteiger partial charge in [-0.1, -0.05) is 36.4 Å². The van der Waals surface area contributed by atoms with Crippen molar-refractivity contribution < 1.29 is 19.2 Å². The number of rotatable bonds is 7. The molecule has 0 saturated heterocycles. The Bertz CT molecular complexity index is 1430. The summed E-state index contributed by atoms with van der Waals surface area (Å²) in [6.07, 6.45) is 0. The van der Waals surface area contributed by atoms with Gasteiger partial charge in [-0.3, -0.25) is 19.2 Å². The van der Waals surface area contributed by atoms with Crippen molar-refractivity contribution in [3.05, 3.63) is 118 Å². The average molecular weight is 505 g/mol. The van der Waals surface area contributed by atoms with Gasteiger partial charge in [0.25, 0.3) is 11.8 Å². The third-order valence-corrected chi connectivity index (χ3v) is 6.39. The standard InChI is InChI=1S/C32H28N2O4/c1-19-17-27(13-15-29(19)33-31(37)25-9-5-23(6-10-25)21(3)35)28-14-16-30(20(2)18-28)34-32(38)26-11-7-24(8-12-26)22(4)36/h5-18H,1-4H3,(H,33,37)(H,34,38). The van der Waals surface area contributed by atoms with Crippen LogP contribution in [0.25, 0.3) is 11.1 Å². The fourth-order valence-corrected chi connectivity index (χ4v) is 4.07. The van der Waals surface area contributed by atoms with Gasteiger partial charge in [0.2, 0.25) is 0 Å². The molecular formula is C32H28N2O4. The molecule has 6 nitrogen and oxygen atoms in total. The van der Waals surface area contributed by atoms with Crippen molar-refractivity contribution in [1.29, 1.82) is 0 Å². The SMILES string of the molecule is CC(=O)c1ccc(C(=O)Nc2ccc(-c3ccc(NC(=O)c4ccc(C(C)=O)cc4)c(C)c3)cc2C)cc1. The smallest absolute Gasteiger partial charge is 0.255 e. The predicted molar refractivity (Wildman–Crippen MR) is 150 cm³/mol. The van der Waals surface area contributed by atoms with E-state index in [0.29, 0.717) is 33.6 Å². The van der Waals surface area contributed by atoms with Crippen LogP contribution in [0.3, 0.4) is 0 Å². The van der Waals surface area contributed by atoms with Crippen LogP contribution in [0.2, 0.25) is 0 Å². The topological polar surface area (TPSA) is 92.3 Å². The highest BCUT2D eigenvalue weighted by Crippen LogP contribution is 2.28. The minimum atomic E-state index is -0.247. The second kappa shape index (κ2) is 11.0. The Balaban J connectivity index is 1.46. The van der Waals surface area contributed by atoms with Crippen molar-refractivity contribution in [1.82, 2.24) is 0 Å². The van der Waals surface area contributed by atoms with Crippen molar-refractivity contribution >= 4 is 34.8 Å². The molecule has 0 unspecified atom stereocenters. The highest BCUT2D eigenvalue weighted by Gasteiger charge is 2.12. The second-order valence-electron chi connectivity index (χ2n) is 9.23. The molecule has 2 amide bonds. The molecule has 0 aliphatic carbocycles. The van der Waals surface area contributed by atoms with Crippen LogP contribution in [0.5, 0.6) is 0 Å². The van der Waals surface area contributed by atoms with Crippen LogP contribution in [0.15, 0.2) is 84.9 Å². The molecule has 190 valence electrons. The Kier molecular flexibility index (Phi) is 7.63. The van der Waals surface area contributed by atoms with Gasteiger partial charge in [0.1, 0.15) is 0 Å². The van der Waals surface area contributed by atoms with Crippen molar-refractivity contribution in [3.63, 3.8) is 0 Å². The number of Topliss-reactive ketones (excluding diaryl/α,β-unsaturated/α-hetero) is 2. The van der Waals surface area contributed by atoms with E-state index in [0.717, 1.165) is 22.3 Å². The van der Waals surface area contributed by atoms with Crippen LogP contribution < -0.4 is 10.6 Å². The van der Waals surface area contributed by atoms with E-state index in [2.05, 4.69) is 10.6 Å². The number of benzene rings is 4. The molecule has 4 aromatic rings. The lowest BCUT2D eigenvalue weighted by atomic mass is 9.99. The highest BCUT2D eigenvalue weighted by molar-refractivity contribution is 6.06. The Hall–Kier alpha value is -4.84. The summed E-state index contributed by atoms with van der Waals surface area (Å²) < 4.78 is 0. The third kappa shape index (κ3) is 5.93. The summed E-state index contributed by atoms with van der Waals surface area (Å²) in [5.74, 6) is -0.588. The quantitative estimate of drug-likeness (QED) is 0.268. The number of nitrogens with one attached hydrogen (secondary N) is 2. The first-order valence-corrected chi connectivity index (χ1v) is 12.2. The van der Waals surface area contributed by atoms with E-state index in [9.17, 15) is 19.2 Å². The van der Waals surface area contributed by atoms with Gasteiger partial charge < -0.3 is 10.6 Å². The number of anilines is 2. The molecule has 0 heterocycles. The zero-order valence-corrected chi connectivity index (χ0v) is 21.7. The van der Waals surface area contributed by atoms with Crippen molar-refractivity contribution in [2.24, 2.45) is 0 Å². The lowest BCUT2D eigenvalue weighted by molar-refractivity contribution is 0.100. The Morgan fingerprint density at radius 1 is 0.474 bits per heavy atom. The molecule has 0 fully saturated rings. The Morgan fingerprint density at radius 2 is 0.789 bits per heavy atom. The van der Waals surface area contributed by atoms with Gasteiger partial charge in [-0.2, -0.15) is 0 Å². The summed E-state index contributed by atoms with van der Waals surface area (Å²) in [7, 11) is 0. The summed E-state index contributed by atoms with van der Waals surface area (Å²) in [6, 6.07) is 24.7. The van der Waals surface area contributed by atoms with Crippen LogP contribution in [0, 0.1) is 13.8 Å². The molecule has 0 aliphatic rings. The minimum Gasteiger partial charge on any atom is -0.322 e. The predicted octanol–water partition coefficient (Wildman–Crippen LogP) is 6.88. The molecule has 0 aromatic heterocycles. The molecule has 4 rings (SSSR count). The summed E-state index contributed by atoms with van der Waals surface area (Å²) in [4.78, 5) is 48.3. The normalized spacial score (nSPS) is 10.5. The zero-order chi connectivity index (χ0) is 27.4. The number of carbonyl (C=O) groups is 4. The molecule has 0 radical (unpaired) electrons. The number of hydrogen-bond donors (Lipinski definition) is 2. The van der Waals surface area contributed by atoms with Gasteiger partial charge in [0.15, 0.2) is 11.6 Å². The fraction of sp³-hybridized carbons (Fsp3) is 0.125. The first kappa shape index (κ1) is 26.2. The van der Waals surface area contributed by atoms with Crippen LogP contribution in [0.1, 0.15) is 66.4 Å². The molecule has 0 aliphatic heterocycles. The van der Waals surface area contributed by atoms with Gasteiger partial charge in [0, 0.05) is 33.6 Å². The summed E-state index contributed by atoms with van der Waals surface area (Å²) >= 11 is 0. The number of carbonyl (C=O) groups excluding carboxylic acids is 4. The van der Waals surface area contributed by atoms with Gasteiger partial charge in [-0.15, -0.1) is 0 Å². The van der Waals surface area contributed by atoms with E-state index >= 15 is 0 Å². The van der Waals surface area contributed by atoms with Gasteiger partial charge in [-0.25, -0.2) is 0 Å². The largest absolute Gasteiger partial charge is 0.322 e. The fourth-order valence-electron chi connectivity index (χ4n) is 4.07. The van der Waals surface area contributed by atoms with E-state index in [1.807, 2.05) is 50.2 Å². The molecule has 0 spiro atoms. The van der Waals surface area contributed by atoms with Gasteiger partial charge >= 0.3 is 0 Å². The number of hydrogen-bond acceptors (Lipinski definition) is 4. The van der Waals surface area contributed by atoms with Crippen LogP contribution in [0.4, 0.5) is 11.4 Å². The lowest BCUT2D eigenvalue weighted by Gasteiger charge is -2.13. The third-order valence-electron chi connectivity index (χ3n) is 6.39. The Morgan fingerprint density at radius 3 is 1.08 bits per heavy atom. The number of ketones is 2. The zero-order valence-electron chi connectivity index (χ0n) is 21.7. The van der Waals surface area contributed by atoms with Crippen LogP contribution in [-0.4, -0.2) is 23.4 Å². The Labute approximate surface area is 221 Å². The molecule has 0 bridgehead atoms. The molecule has 6 heteroatoms. The maximum Gasteiger partial charge on any atom is 0.255 e.